The SMILES string of the molecule is Cc1cc(C)c2c(c1)=NC=2c1cncs1. The van der Waals surface area contributed by atoms with Gasteiger partial charge in [-0.2, -0.15) is 0 Å². The summed E-state index contributed by atoms with van der Waals surface area (Å²) in [5.74, 6) is 0. The highest BCUT2D eigenvalue weighted by molar-refractivity contribution is 7.10. The minimum atomic E-state index is 1.10. The van der Waals surface area contributed by atoms with E-state index in [1.54, 1.807) is 11.3 Å². The zero-order chi connectivity index (χ0) is 10.4. The van der Waals surface area contributed by atoms with E-state index in [1.165, 1.54) is 16.3 Å². The molecule has 74 valence electrons. The molecule has 1 aliphatic heterocycles. The summed E-state index contributed by atoms with van der Waals surface area (Å²) in [5, 5.41) is 2.42. The normalized spacial score (nSPS) is 13.1. The first-order valence-electron chi connectivity index (χ1n) is 4.85. The Balaban J connectivity index is 2.32. The molecule has 2 heterocycles. The van der Waals surface area contributed by atoms with Crippen molar-refractivity contribution in [2.24, 2.45) is 4.99 Å². The van der Waals surface area contributed by atoms with E-state index >= 15 is 0 Å². The lowest BCUT2D eigenvalue weighted by atomic mass is 10.0. The second-order valence-corrected chi connectivity index (χ2v) is 4.69. The summed E-state index contributed by atoms with van der Waals surface area (Å²) in [7, 11) is 0. The van der Waals surface area contributed by atoms with Crippen LogP contribution in [0.25, 0.3) is 5.70 Å². The minimum absolute atomic E-state index is 1.10. The Labute approximate surface area is 91.6 Å². The van der Waals surface area contributed by atoms with Crippen molar-refractivity contribution in [3.63, 3.8) is 0 Å². The molecule has 3 heteroatoms. The molecule has 0 N–H and O–H groups in total. The highest BCUT2D eigenvalue weighted by Crippen LogP contribution is 2.19. The van der Waals surface area contributed by atoms with Gasteiger partial charge in [0.15, 0.2) is 0 Å². The van der Waals surface area contributed by atoms with E-state index < -0.39 is 0 Å². The number of hydrogen-bond acceptors (Lipinski definition) is 3. The average Bonchev–Trinajstić information content (AvgIpc) is 2.61. The van der Waals surface area contributed by atoms with Crippen molar-refractivity contribution in [2.75, 3.05) is 0 Å². The maximum atomic E-state index is 4.54. The molecule has 0 saturated carbocycles. The van der Waals surface area contributed by atoms with Crippen molar-refractivity contribution in [1.82, 2.24) is 4.98 Å². The van der Waals surface area contributed by atoms with E-state index in [0.29, 0.717) is 0 Å². The lowest BCUT2D eigenvalue weighted by molar-refractivity contribution is 1.15. The largest absolute Gasteiger partial charge is 0.252 e. The van der Waals surface area contributed by atoms with Gasteiger partial charge in [0, 0.05) is 11.4 Å². The molecule has 1 aromatic carbocycles. The Morgan fingerprint density at radius 2 is 2.07 bits per heavy atom. The number of aromatic nitrogens is 1. The van der Waals surface area contributed by atoms with Gasteiger partial charge in [-0.3, -0.25) is 4.98 Å². The molecular weight excluding hydrogens is 204 g/mol. The molecule has 0 aliphatic carbocycles. The molecule has 0 unspecified atom stereocenters. The topological polar surface area (TPSA) is 25.2 Å². The van der Waals surface area contributed by atoms with Crippen LogP contribution in [0.1, 0.15) is 16.0 Å². The van der Waals surface area contributed by atoms with Crippen molar-refractivity contribution in [3.8, 4) is 0 Å². The Morgan fingerprint density at radius 3 is 2.73 bits per heavy atom. The van der Waals surface area contributed by atoms with Crippen LogP contribution in [0.3, 0.4) is 0 Å². The maximum absolute atomic E-state index is 4.54. The molecule has 0 atom stereocenters. The molecular formula is C12H10N2S. The smallest absolute Gasteiger partial charge is 0.0922 e. The van der Waals surface area contributed by atoms with Crippen molar-refractivity contribution in [2.45, 2.75) is 13.8 Å². The van der Waals surface area contributed by atoms with E-state index in [0.717, 1.165) is 15.9 Å². The lowest BCUT2D eigenvalue weighted by Crippen LogP contribution is -2.37. The van der Waals surface area contributed by atoms with Crippen LogP contribution in [-0.4, -0.2) is 4.98 Å². The molecule has 15 heavy (non-hydrogen) atoms. The third-order valence-corrected chi connectivity index (χ3v) is 3.37. The second-order valence-electron chi connectivity index (χ2n) is 3.80. The Kier molecular flexibility index (Phi) is 1.76. The molecule has 0 radical (unpaired) electrons. The Hall–Kier alpha value is -1.48. The van der Waals surface area contributed by atoms with E-state index in [4.69, 9.17) is 0 Å². The van der Waals surface area contributed by atoms with Gasteiger partial charge >= 0.3 is 0 Å². The van der Waals surface area contributed by atoms with Gasteiger partial charge in [-0.05, 0) is 31.0 Å². The fraction of sp³-hybridized carbons (Fsp3) is 0.167. The lowest BCUT2D eigenvalue weighted by Gasteiger charge is -2.11. The maximum Gasteiger partial charge on any atom is 0.0922 e. The van der Waals surface area contributed by atoms with E-state index in [2.05, 4.69) is 36.0 Å². The van der Waals surface area contributed by atoms with Crippen molar-refractivity contribution in [1.29, 1.82) is 0 Å². The van der Waals surface area contributed by atoms with Gasteiger partial charge in [-0.15, -0.1) is 11.3 Å². The van der Waals surface area contributed by atoms with Gasteiger partial charge < -0.3 is 0 Å². The van der Waals surface area contributed by atoms with Crippen molar-refractivity contribution < 1.29 is 0 Å². The predicted molar refractivity (Wildman–Crippen MR) is 61.3 cm³/mol. The quantitative estimate of drug-likeness (QED) is 0.707. The number of nitrogens with zero attached hydrogens (tertiary/aromatic N) is 2. The fourth-order valence-corrected chi connectivity index (χ4v) is 2.59. The third kappa shape index (κ3) is 1.23. The number of aryl methyl sites for hydroxylation is 2. The summed E-state index contributed by atoms with van der Waals surface area (Å²) in [4.78, 5) is 9.78. The molecule has 0 saturated heterocycles. The van der Waals surface area contributed by atoms with Crippen LogP contribution in [-0.2, 0) is 0 Å². The zero-order valence-electron chi connectivity index (χ0n) is 8.61. The molecule has 1 aliphatic rings. The predicted octanol–water partition coefficient (Wildman–Crippen LogP) is 1.55. The van der Waals surface area contributed by atoms with Gasteiger partial charge in [-0.1, -0.05) is 6.07 Å². The summed E-state index contributed by atoms with van der Waals surface area (Å²) in [5.41, 5.74) is 5.53. The van der Waals surface area contributed by atoms with Gasteiger partial charge in [0.2, 0.25) is 0 Å². The van der Waals surface area contributed by atoms with E-state index in [-0.39, 0.29) is 0 Å². The van der Waals surface area contributed by atoms with Crippen molar-refractivity contribution >= 4 is 17.0 Å². The summed E-state index contributed by atoms with van der Waals surface area (Å²) in [6, 6.07) is 4.33. The molecule has 0 fully saturated rings. The third-order valence-electron chi connectivity index (χ3n) is 2.59. The van der Waals surface area contributed by atoms with Gasteiger partial charge in [0.05, 0.1) is 21.4 Å². The van der Waals surface area contributed by atoms with Gasteiger partial charge in [-0.25, -0.2) is 4.99 Å². The standard InChI is InChI=1S/C12H10N2S/c1-7-3-8(2)11-9(4-7)14-12(11)10-5-13-6-15-10/h3-6H,1-2H3. The molecule has 2 aromatic rings. The number of hydrogen-bond donors (Lipinski definition) is 0. The van der Waals surface area contributed by atoms with Crippen LogP contribution in [0, 0.1) is 13.8 Å². The summed E-state index contributed by atoms with van der Waals surface area (Å²) < 4.78 is 0. The highest BCUT2D eigenvalue weighted by atomic mass is 32.1. The van der Waals surface area contributed by atoms with Crippen LogP contribution in [0.4, 0.5) is 0 Å². The van der Waals surface area contributed by atoms with Crippen LogP contribution in [0.5, 0.6) is 0 Å². The number of benzene rings is 1. The first kappa shape index (κ1) is 8.80. The minimum Gasteiger partial charge on any atom is -0.252 e. The molecule has 2 nitrogen and oxygen atoms in total. The molecule has 1 aromatic heterocycles. The molecule has 3 rings (SSSR count). The average molecular weight is 214 g/mol. The first-order valence-corrected chi connectivity index (χ1v) is 5.73. The second kappa shape index (κ2) is 3.00. The van der Waals surface area contributed by atoms with Gasteiger partial charge in [0.25, 0.3) is 0 Å². The van der Waals surface area contributed by atoms with Crippen LogP contribution < -0.4 is 10.6 Å². The molecule has 0 spiro atoms. The van der Waals surface area contributed by atoms with Crippen LogP contribution in [0.15, 0.2) is 28.8 Å². The summed E-state index contributed by atoms with van der Waals surface area (Å²) in [6.45, 7) is 4.25. The van der Waals surface area contributed by atoms with E-state index in [1.807, 2.05) is 11.7 Å². The molecule has 0 amide bonds. The first-order chi connectivity index (χ1) is 7.25. The zero-order valence-corrected chi connectivity index (χ0v) is 9.43. The Bertz CT molecular complexity index is 639. The highest BCUT2D eigenvalue weighted by Gasteiger charge is 2.13. The fourth-order valence-electron chi connectivity index (χ4n) is 1.98. The monoisotopic (exact) mass is 214 g/mol. The number of thiazole rings is 1. The van der Waals surface area contributed by atoms with Crippen LogP contribution >= 0.6 is 11.3 Å². The molecule has 0 bridgehead atoms. The Morgan fingerprint density at radius 1 is 1.20 bits per heavy atom. The van der Waals surface area contributed by atoms with Crippen LogP contribution in [0.2, 0.25) is 0 Å². The number of fused-ring (bicyclic) bond motifs is 1. The van der Waals surface area contributed by atoms with Crippen molar-refractivity contribution in [3.05, 3.63) is 50.4 Å². The number of rotatable bonds is 1. The summed E-state index contributed by atoms with van der Waals surface area (Å²) >= 11 is 1.64. The summed E-state index contributed by atoms with van der Waals surface area (Å²) in [6.07, 6.45) is 1.88. The van der Waals surface area contributed by atoms with Gasteiger partial charge in [0.1, 0.15) is 0 Å². The van der Waals surface area contributed by atoms with E-state index in [9.17, 15) is 0 Å².